The molecule has 5 nitrogen and oxygen atoms in total. The molecule has 0 amide bonds. The summed E-state index contributed by atoms with van der Waals surface area (Å²) in [7, 11) is 0. The summed E-state index contributed by atoms with van der Waals surface area (Å²) in [6.45, 7) is 5.45. The van der Waals surface area contributed by atoms with E-state index in [0.717, 1.165) is 25.6 Å². The molecule has 1 atom stereocenters. The monoisotopic (exact) mass is 433 g/mol. The maximum atomic E-state index is 4.87. The maximum absolute atomic E-state index is 4.87. The zero-order valence-corrected chi connectivity index (χ0v) is 18.9. The maximum Gasteiger partial charge on any atom is 0.191 e. The summed E-state index contributed by atoms with van der Waals surface area (Å²) in [6.07, 6.45) is 8.29. The fourth-order valence-corrected chi connectivity index (χ4v) is 5.04. The first kappa shape index (κ1) is 21.5. The highest BCUT2D eigenvalue weighted by Crippen LogP contribution is 2.26. The van der Waals surface area contributed by atoms with Crippen molar-refractivity contribution in [2.24, 2.45) is 4.99 Å². The normalized spacial score (nSPS) is 16.4. The van der Waals surface area contributed by atoms with E-state index in [-0.39, 0.29) is 0 Å². The molecule has 31 heavy (non-hydrogen) atoms. The zero-order chi connectivity index (χ0) is 21.3. The van der Waals surface area contributed by atoms with Crippen LogP contribution >= 0.6 is 11.8 Å². The number of aliphatic imine (C=N–C) groups is 1. The second-order valence-corrected chi connectivity index (χ2v) is 9.21. The van der Waals surface area contributed by atoms with Crippen LogP contribution in [0.3, 0.4) is 0 Å². The molecule has 3 aromatic rings. The number of imidazole rings is 1. The van der Waals surface area contributed by atoms with Crippen molar-refractivity contribution < 1.29 is 0 Å². The van der Waals surface area contributed by atoms with Crippen molar-refractivity contribution in [3.8, 4) is 11.1 Å². The van der Waals surface area contributed by atoms with Gasteiger partial charge >= 0.3 is 0 Å². The molecule has 2 heterocycles. The van der Waals surface area contributed by atoms with Crippen molar-refractivity contribution in [1.29, 1.82) is 0 Å². The molecule has 1 saturated heterocycles. The van der Waals surface area contributed by atoms with Crippen LogP contribution in [0.15, 0.2) is 72.2 Å². The number of thioether (sulfide) groups is 1. The number of nitrogens with zero attached hydrogens (tertiary/aromatic N) is 3. The standard InChI is InChI=1S/C25H31N5S/c1-2-27-25(29-17-23-7-5-15-31-23)28-16-22-6-3-4-8-24(22)21-11-9-20(10-12-21)18-30-14-13-26-19-30/h3-4,6,8-14,19,23H,2,5,7,15-18H2,1H3,(H2,27,28,29). The van der Waals surface area contributed by atoms with Crippen molar-refractivity contribution in [1.82, 2.24) is 20.2 Å². The van der Waals surface area contributed by atoms with Gasteiger partial charge in [-0.15, -0.1) is 0 Å². The molecule has 2 aromatic carbocycles. The van der Waals surface area contributed by atoms with E-state index < -0.39 is 0 Å². The Bertz CT molecular complexity index is 960. The van der Waals surface area contributed by atoms with Crippen LogP contribution in [-0.4, -0.2) is 39.6 Å². The highest BCUT2D eigenvalue weighted by atomic mass is 32.2. The summed E-state index contributed by atoms with van der Waals surface area (Å²) in [4.78, 5) is 8.99. The van der Waals surface area contributed by atoms with Crippen LogP contribution in [0.2, 0.25) is 0 Å². The predicted molar refractivity (Wildman–Crippen MR) is 132 cm³/mol. The van der Waals surface area contributed by atoms with Crippen LogP contribution in [-0.2, 0) is 13.1 Å². The van der Waals surface area contributed by atoms with Crippen molar-refractivity contribution in [3.05, 3.63) is 78.4 Å². The number of guanidine groups is 1. The number of hydrogen-bond acceptors (Lipinski definition) is 3. The minimum atomic E-state index is 0.653. The summed E-state index contributed by atoms with van der Waals surface area (Å²) >= 11 is 2.07. The second-order valence-electron chi connectivity index (χ2n) is 7.80. The highest BCUT2D eigenvalue weighted by Gasteiger charge is 2.15. The number of nitrogens with one attached hydrogen (secondary N) is 2. The van der Waals surface area contributed by atoms with Crippen molar-refractivity contribution in [2.75, 3.05) is 18.8 Å². The summed E-state index contributed by atoms with van der Waals surface area (Å²) in [6, 6.07) is 17.4. The van der Waals surface area contributed by atoms with Gasteiger partial charge in [-0.25, -0.2) is 9.98 Å². The Kier molecular flexibility index (Phi) is 7.66. The van der Waals surface area contributed by atoms with Crippen molar-refractivity contribution in [2.45, 2.75) is 38.1 Å². The van der Waals surface area contributed by atoms with Gasteiger partial charge in [0.05, 0.1) is 12.9 Å². The Morgan fingerprint density at radius 1 is 1.16 bits per heavy atom. The molecule has 1 fully saturated rings. The molecule has 1 aliphatic heterocycles. The number of aromatic nitrogens is 2. The lowest BCUT2D eigenvalue weighted by Gasteiger charge is -2.15. The fourth-order valence-electron chi connectivity index (χ4n) is 3.84. The average molecular weight is 434 g/mol. The Labute approximate surface area is 189 Å². The minimum Gasteiger partial charge on any atom is -0.357 e. The summed E-state index contributed by atoms with van der Waals surface area (Å²) in [5, 5.41) is 7.62. The van der Waals surface area contributed by atoms with Crippen LogP contribution in [0.25, 0.3) is 11.1 Å². The smallest absolute Gasteiger partial charge is 0.191 e. The van der Waals surface area contributed by atoms with Gasteiger partial charge in [0.1, 0.15) is 0 Å². The van der Waals surface area contributed by atoms with E-state index in [9.17, 15) is 0 Å². The van der Waals surface area contributed by atoms with E-state index in [1.165, 1.54) is 40.8 Å². The molecule has 0 aliphatic carbocycles. The molecule has 1 unspecified atom stereocenters. The van der Waals surface area contributed by atoms with Crippen LogP contribution in [0, 0.1) is 0 Å². The quantitative estimate of drug-likeness (QED) is 0.404. The summed E-state index contributed by atoms with van der Waals surface area (Å²) < 4.78 is 2.08. The molecule has 0 bridgehead atoms. The van der Waals surface area contributed by atoms with Gasteiger partial charge in [0.25, 0.3) is 0 Å². The van der Waals surface area contributed by atoms with Crippen molar-refractivity contribution in [3.63, 3.8) is 0 Å². The van der Waals surface area contributed by atoms with E-state index in [4.69, 9.17) is 4.99 Å². The Morgan fingerprint density at radius 3 is 2.77 bits per heavy atom. The average Bonchev–Trinajstić information content (AvgIpc) is 3.51. The molecule has 6 heteroatoms. The van der Waals surface area contributed by atoms with E-state index in [1.54, 1.807) is 0 Å². The zero-order valence-electron chi connectivity index (χ0n) is 18.1. The molecule has 0 saturated carbocycles. The number of benzene rings is 2. The lowest BCUT2D eigenvalue weighted by molar-refractivity contribution is 0.727. The van der Waals surface area contributed by atoms with Crippen LogP contribution in [0.1, 0.15) is 30.9 Å². The largest absolute Gasteiger partial charge is 0.357 e. The molecule has 162 valence electrons. The van der Waals surface area contributed by atoms with Gasteiger partial charge in [0.2, 0.25) is 0 Å². The van der Waals surface area contributed by atoms with Gasteiger partial charge in [-0.1, -0.05) is 48.5 Å². The van der Waals surface area contributed by atoms with Gasteiger partial charge in [0.15, 0.2) is 5.96 Å². The van der Waals surface area contributed by atoms with Gasteiger partial charge in [-0.3, -0.25) is 0 Å². The van der Waals surface area contributed by atoms with E-state index >= 15 is 0 Å². The Hall–Kier alpha value is -2.73. The fraction of sp³-hybridized carbons (Fsp3) is 0.360. The first-order chi connectivity index (χ1) is 15.3. The van der Waals surface area contributed by atoms with Crippen LogP contribution in [0.4, 0.5) is 0 Å². The molecular weight excluding hydrogens is 402 g/mol. The Morgan fingerprint density at radius 2 is 2.03 bits per heavy atom. The SMILES string of the molecule is CCNC(=NCc1ccccc1-c1ccc(Cn2ccnc2)cc1)NCC1CCCS1. The Balaban J connectivity index is 1.44. The van der Waals surface area contributed by atoms with Gasteiger partial charge in [-0.2, -0.15) is 11.8 Å². The first-order valence-corrected chi connectivity index (χ1v) is 12.1. The molecule has 0 spiro atoms. The van der Waals surface area contributed by atoms with Crippen LogP contribution < -0.4 is 10.6 Å². The predicted octanol–water partition coefficient (Wildman–Crippen LogP) is 4.55. The third-order valence-electron chi connectivity index (χ3n) is 5.48. The summed E-state index contributed by atoms with van der Waals surface area (Å²) in [5.74, 6) is 2.19. The topological polar surface area (TPSA) is 54.2 Å². The lowest BCUT2D eigenvalue weighted by Crippen LogP contribution is -2.40. The molecule has 4 rings (SSSR count). The van der Waals surface area contributed by atoms with Crippen LogP contribution in [0.5, 0.6) is 0 Å². The molecular formula is C25H31N5S. The second kappa shape index (κ2) is 11.0. The molecule has 1 aromatic heterocycles. The summed E-state index contributed by atoms with van der Waals surface area (Å²) in [5.41, 5.74) is 4.96. The first-order valence-electron chi connectivity index (χ1n) is 11.1. The van der Waals surface area contributed by atoms with Gasteiger partial charge in [0, 0.05) is 37.3 Å². The number of hydrogen-bond donors (Lipinski definition) is 2. The molecule has 2 N–H and O–H groups in total. The lowest BCUT2D eigenvalue weighted by atomic mass is 9.98. The number of rotatable bonds is 8. The van der Waals surface area contributed by atoms with Gasteiger partial charge < -0.3 is 15.2 Å². The third-order valence-corrected chi connectivity index (χ3v) is 6.88. The third kappa shape index (κ3) is 6.14. The van der Waals surface area contributed by atoms with E-state index in [1.807, 2.05) is 18.7 Å². The van der Waals surface area contributed by atoms with E-state index in [2.05, 4.69) is 87.4 Å². The van der Waals surface area contributed by atoms with Crippen molar-refractivity contribution >= 4 is 17.7 Å². The van der Waals surface area contributed by atoms with E-state index in [0.29, 0.717) is 11.8 Å². The minimum absolute atomic E-state index is 0.653. The molecule has 0 radical (unpaired) electrons. The highest BCUT2D eigenvalue weighted by molar-refractivity contribution is 8.00. The molecule has 1 aliphatic rings. The van der Waals surface area contributed by atoms with Gasteiger partial charge in [-0.05, 0) is 47.8 Å².